The maximum absolute atomic E-state index is 12.7. The lowest BCUT2D eigenvalue weighted by Crippen LogP contribution is -2.51. The van der Waals surface area contributed by atoms with Crippen molar-refractivity contribution in [1.29, 1.82) is 0 Å². The Morgan fingerprint density at radius 2 is 2.00 bits per heavy atom. The highest BCUT2D eigenvalue weighted by Crippen LogP contribution is 2.47. The van der Waals surface area contributed by atoms with Gasteiger partial charge in [0.2, 0.25) is 0 Å². The summed E-state index contributed by atoms with van der Waals surface area (Å²) in [6.45, 7) is 0.605. The fourth-order valence-electron chi connectivity index (χ4n) is 5.20. The lowest BCUT2D eigenvalue weighted by Gasteiger charge is -2.43. The van der Waals surface area contributed by atoms with Crippen LogP contribution in [0.5, 0.6) is 0 Å². The van der Waals surface area contributed by atoms with E-state index in [9.17, 15) is 9.18 Å². The van der Waals surface area contributed by atoms with Crippen LogP contribution in [0, 0.1) is 5.92 Å². The number of methoxy groups -OCH3 is 1. The van der Waals surface area contributed by atoms with Crippen LogP contribution < -0.4 is 0 Å². The van der Waals surface area contributed by atoms with E-state index in [1.54, 1.807) is 12.5 Å². The summed E-state index contributed by atoms with van der Waals surface area (Å²) in [5, 5.41) is 0. The minimum Gasteiger partial charge on any atom is -0.472 e. The van der Waals surface area contributed by atoms with Gasteiger partial charge >= 0.3 is 5.97 Å². The van der Waals surface area contributed by atoms with Crippen LogP contribution in [0.3, 0.4) is 0 Å². The quantitative estimate of drug-likeness (QED) is 0.507. The molecular weight excluding hydrogens is 357 g/mol. The predicted octanol–water partition coefficient (Wildman–Crippen LogP) is 4.81. The van der Waals surface area contributed by atoms with Crippen LogP contribution in [0.4, 0.5) is 4.39 Å². The summed E-state index contributed by atoms with van der Waals surface area (Å²) in [4.78, 5) is 15.2. The van der Waals surface area contributed by atoms with Crippen molar-refractivity contribution in [1.82, 2.24) is 4.90 Å². The topological polar surface area (TPSA) is 42.7 Å². The summed E-state index contributed by atoms with van der Waals surface area (Å²) in [5.41, 5.74) is 3.36. The van der Waals surface area contributed by atoms with E-state index in [-0.39, 0.29) is 30.5 Å². The summed E-state index contributed by atoms with van der Waals surface area (Å²) in [5.74, 6) is -0.112. The van der Waals surface area contributed by atoms with Crippen molar-refractivity contribution in [3.05, 3.63) is 48.4 Å². The Labute approximate surface area is 165 Å². The van der Waals surface area contributed by atoms with Gasteiger partial charge in [-0.25, -0.2) is 0 Å². The number of hydrogen-bond donors (Lipinski definition) is 0. The minimum atomic E-state index is -0.269. The number of rotatable bonds is 7. The molecule has 3 heterocycles. The lowest BCUT2D eigenvalue weighted by atomic mass is 9.75. The maximum Gasteiger partial charge on any atom is 0.310 e. The number of carbonyl (C=O) groups is 1. The summed E-state index contributed by atoms with van der Waals surface area (Å²) in [6.07, 6.45) is 7.94. The Balaban J connectivity index is 1.57. The molecule has 1 aromatic carbocycles. The van der Waals surface area contributed by atoms with E-state index in [4.69, 9.17) is 9.15 Å². The van der Waals surface area contributed by atoms with E-state index >= 15 is 0 Å². The molecule has 2 bridgehead atoms. The van der Waals surface area contributed by atoms with Gasteiger partial charge in [0.1, 0.15) is 0 Å². The smallest absolute Gasteiger partial charge is 0.310 e. The molecular formula is C23H28FNO3. The number of esters is 1. The van der Waals surface area contributed by atoms with Gasteiger partial charge in [0, 0.05) is 23.6 Å². The molecule has 0 N–H and O–H groups in total. The Morgan fingerprint density at radius 3 is 2.68 bits per heavy atom. The third kappa shape index (κ3) is 3.60. The van der Waals surface area contributed by atoms with Gasteiger partial charge in [-0.05, 0) is 55.8 Å². The van der Waals surface area contributed by atoms with Gasteiger partial charge in [-0.2, -0.15) is 0 Å². The molecule has 0 amide bonds. The van der Waals surface area contributed by atoms with E-state index in [0.29, 0.717) is 12.5 Å². The first-order chi connectivity index (χ1) is 13.7. The molecule has 0 aliphatic carbocycles. The highest BCUT2D eigenvalue weighted by atomic mass is 19.1. The largest absolute Gasteiger partial charge is 0.472 e. The third-order valence-corrected chi connectivity index (χ3v) is 6.53. The normalized spacial score (nSPS) is 27.1. The zero-order chi connectivity index (χ0) is 19.5. The number of nitrogens with zero attached hydrogens (tertiary/aromatic N) is 1. The molecule has 2 aliphatic rings. The molecule has 0 unspecified atom stereocenters. The van der Waals surface area contributed by atoms with E-state index < -0.39 is 0 Å². The SMILES string of the molecule is COC(=O)[C@H]1[C@@H](c2ccc(-c3ccoc3)cc2)C[C@@H]2CC[C@H]1N2CCCCF. The number of fused-ring (bicyclic) bond motifs is 2. The zero-order valence-corrected chi connectivity index (χ0v) is 16.4. The second kappa shape index (κ2) is 8.48. The number of alkyl halides is 1. The molecule has 28 heavy (non-hydrogen) atoms. The number of unbranched alkanes of at least 4 members (excludes halogenated alkanes) is 1. The fraction of sp³-hybridized carbons (Fsp3) is 0.522. The van der Waals surface area contributed by atoms with Crippen molar-refractivity contribution in [3.8, 4) is 11.1 Å². The van der Waals surface area contributed by atoms with Gasteiger partial charge in [0.15, 0.2) is 0 Å². The third-order valence-electron chi connectivity index (χ3n) is 6.53. The number of hydrogen-bond acceptors (Lipinski definition) is 4. The highest BCUT2D eigenvalue weighted by molar-refractivity contribution is 5.75. The van der Waals surface area contributed by atoms with Gasteiger partial charge in [0.05, 0.1) is 32.2 Å². The van der Waals surface area contributed by atoms with Crippen molar-refractivity contribution in [2.24, 2.45) is 5.92 Å². The summed E-state index contributed by atoms with van der Waals surface area (Å²) < 4.78 is 22.9. The summed E-state index contributed by atoms with van der Waals surface area (Å²) in [7, 11) is 1.48. The van der Waals surface area contributed by atoms with Crippen molar-refractivity contribution >= 4 is 5.97 Å². The lowest BCUT2D eigenvalue weighted by molar-refractivity contribution is -0.150. The van der Waals surface area contributed by atoms with Crippen LogP contribution >= 0.6 is 0 Å². The van der Waals surface area contributed by atoms with Crippen LogP contribution in [-0.2, 0) is 9.53 Å². The molecule has 2 saturated heterocycles. The van der Waals surface area contributed by atoms with Crippen molar-refractivity contribution < 1.29 is 18.3 Å². The Kier molecular flexibility index (Phi) is 5.81. The van der Waals surface area contributed by atoms with E-state index in [1.807, 2.05) is 6.07 Å². The predicted molar refractivity (Wildman–Crippen MR) is 106 cm³/mol. The molecule has 0 spiro atoms. The van der Waals surface area contributed by atoms with Crippen LogP contribution in [0.1, 0.15) is 43.6 Å². The second-order valence-corrected chi connectivity index (χ2v) is 7.96. The average molecular weight is 385 g/mol. The standard InChI is InChI=1S/C23H28FNO3/c1-27-23(26)22-20(14-19-8-9-21(22)25(19)12-3-2-11-24)17-6-4-16(5-7-17)18-10-13-28-15-18/h4-7,10,13,15,19-22H,2-3,8-9,11-12,14H2,1H3/t19-,20+,21+,22-/m0/s1. The monoisotopic (exact) mass is 385 g/mol. The maximum atomic E-state index is 12.7. The van der Waals surface area contributed by atoms with Crippen molar-refractivity contribution in [3.63, 3.8) is 0 Å². The fourth-order valence-corrected chi connectivity index (χ4v) is 5.20. The van der Waals surface area contributed by atoms with Gasteiger partial charge in [-0.3, -0.25) is 14.1 Å². The molecule has 4 nitrogen and oxygen atoms in total. The minimum absolute atomic E-state index is 0.121. The van der Waals surface area contributed by atoms with Crippen molar-refractivity contribution in [2.45, 2.75) is 50.1 Å². The van der Waals surface area contributed by atoms with Gasteiger partial charge in [-0.1, -0.05) is 24.3 Å². The molecule has 5 heteroatoms. The van der Waals surface area contributed by atoms with Crippen LogP contribution in [0.25, 0.3) is 11.1 Å². The van der Waals surface area contributed by atoms with Gasteiger partial charge in [-0.15, -0.1) is 0 Å². The highest BCUT2D eigenvalue weighted by Gasteiger charge is 2.50. The van der Waals surface area contributed by atoms with Crippen LogP contribution in [-0.4, -0.2) is 43.3 Å². The average Bonchev–Trinajstić information content (AvgIpc) is 3.35. The second-order valence-electron chi connectivity index (χ2n) is 7.96. The molecule has 4 rings (SSSR count). The van der Waals surface area contributed by atoms with Crippen LogP contribution in [0.15, 0.2) is 47.3 Å². The Morgan fingerprint density at radius 1 is 1.18 bits per heavy atom. The number of carbonyl (C=O) groups excluding carboxylic acids is 1. The molecule has 2 aromatic rings. The van der Waals surface area contributed by atoms with Crippen LogP contribution in [0.2, 0.25) is 0 Å². The molecule has 1 aromatic heterocycles. The molecule has 4 atom stereocenters. The molecule has 2 aliphatic heterocycles. The molecule has 150 valence electrons. The number of ether oxygens (including phenoxy) is 1. The van der Waals surface area contributed by atoms with Gasteiger partial charge in [0.25, 0.3) is 0 Å². The first-order valence-electron chi connectivity index (χ1n) is 10.2. The Hall–Kier alpha value is -2.14. The summed E-state index contributed by atoms with van der Waals surface area (Å²) >= 11 is 0. The van der Waals surface area contributed by atoms with E-state index in [2.05, 4.69) is 29.2 Å². The van der Waals surface area contributed by atoms with Gasteiger partial charge < -0.3 is 9.15 Å². The van der Waals surface area contributed by atoms with Crippen molar-refractivity contribution in [2.75, 3.05) is 20.3 Å². The van der Waals surface area contributed by atoms with E-state index in [1.165, 1.54) is 12.7 Å². The molecule has 0 radical (unpaired) electrons. The zero-order valence-electron chi connectivity index (χ0n) is 16.4. The molecule has 2 fully saturated rings. The number of halogens is 1. The summed E-state index contributed by atoms with van der Waals surface area (Å²) in [6, 6.07) is 11.1. The Bertz CT molecular complexity index is 774. The number of benzene rings is 1. The molecule has 0 saturated carbocycles. The number of piperidine rings is 1. The first kappa shape index (κ1) is 19.2. The number of furan rings is 1. The van der Waals surface area contributed by atoms with E-state index in [0.717, 1.165) is 43.4 Å². The first-order valence-corrected chi connectivity index (χ1v) is 10.2.